The highest BCUT2D eigenvalue weighted by molar-refractivity contribution is 6.24. The molecule has 1 aliphatic rings. The summed E-state index contributed by atoms with van der Waals surface area (Å²) in [6, 6.07) is 79.2. The number of Topliss-reactive ketones (excluding diaryl/α,β-unsaturated/α-hetero) is 2. The molecule has 1 saturated heterocycles. The molecule has 0 saturated carbocycles. The molecule has 0 aliphatic carbocycles. The van der Waals surface area contributed by atoms with Crippen molar-refractivity contribution in [3.63, 3.8) is 0 Å². The zero-order chi connectivity index (χ0) is 106. The lowest BCUT2D eigenvalue weighted by Gasteiger charge is -2.21. The number of esters is 3. The lowest BCUT2D eigenvalue weighted by atomic mass is 10.0. The minimum Gasteiger partial charge on any atom is -0.500 e. The van der Waals surface area contributed by atoms with Gasteiger partial charge in [-0.15, -0.1) is 12.4 Å². The number of carboxylic acids is 2. The van der Waals surface area contributed by atoms with Gasteiger partial charge in [0, 0.05) is 98.3 Å². The van der Waals surface area contributed by atoms with Gasteiger partial charge in [0.05, 0.1) is 59.8 Å². The molecule has 4 heterocycles. The number of ketones is 2. The number of benzene rings is 13. The number of pyridine rings is 3. The van der Waals surface area contributed by atoms with Gasteiger partial charge in [-0.3, -0.25) is 28.8 Å². The summed E-state index contributed by atoms with van der Waals surface area (Å²) in [5.41, 5.74) is 19.8. The number of hydrogen-bond acceptors (Lipinski definition) is 17. The van der Waals surface area contributed by atoms with E-state index in [-0.39, 0.29) is 102 Å². The molecule has 17 rings (SSSR count). The fraction of sp³-hybridized carbons (Fsp3) is 0.158. The lowest BCUT2D eigenvalue weighted by molar-refractivity contribution is -0.142. The molecule has 13 aromatic carbocycles. The second-order valence-corrected chi connectivity index (χ2v) is 32.9. The van der Waals surface area contributed by atoms with E-state index >= 15 is 4.39 Å². The van der Waals surface area contributed by atoms with Crippen LogP contribution < -0.4 is 32.7 Å². The van der Waals surface area contributed by atoms with Gasteiger partial charge in [0.1, 0.15) is 52.4 Å². The van der Waals surface area contributed by atoms with E-state index in [4.69, 9.17) is 20.9 Å². The van der Waals surface area contributed by atoms with Crippen LogP contribution in [0.2, 0.25) is 0 Å². The third-order valence-corrected chi connectivity index (χ3v) is 23.1. The van der Waals surface area contributed by atoms with Crippen LogP contribution in [0.25, 0.3) is 77.2 Å². The number of aromatic carboxylic acids is 2. The summed E-state index contributed by atoms with van der Waals surface area (Å²) in [5, 5.41) is 18.7. The number of aromatic nitrogens is 3. The van der Waals surface area contributed by atoms with Gasteiger partial charge < -0.3 is 59.2 Å². The van der Waals surface area contributed by atoms with Crippen molar-refractivity contribution in [2.75, 3.05) is 51.0 Å². The largest absolute Gasteiger partial charge is 0.500 e. The Labute approximate surface area is 846 Å². The molecule has 1 atom stereocenters. The van der Waals surface area contributed by atoms with E-state index in [1.165, 1.54) is 46.6 Å². The Bertz CT molecular complexity index is 7730. The quantitative estimate of drug-likeness (QED) is 0.00428. The Balaban J connectivity index is 0.000000173. The topological polar surface area (TPSA) is 318 Å². The van der Waals surface area contributed by atoms with Crippen molar-refractivity contribution in [2.45, 2.75) is 66.7 Å². The molecule has 0 radical (unpaired) electrons. The second kappa shape index (κ2) is 52.5. The number of hydrogen-bond donors (Lipinski definition) is 4. The van der Waals surface area contributed by atoms with Crippen LogP contribution in [0.4, 0.5) is 54.0 Å². The van der Waals surface area contributed by atoms with E-state index in [9.17, 15) is 102 Å². The first-order valence-corrected chi connectivity index (χ1v) is 45.9. The van der Waals surface area contributed by atoms with Gasteiger partial charge in [0.2, 0.25) is 22.1 Å². The molecular formula is C114H96ClF11N6O16. The maximum Gasteiger partial charge on any atom is 0.345 e. The van der Waals surface area contributed by atoms with Crippen molar-refractivity contribution >= 4 is 92.2 Å². The number of carbonyl (C=O) groups is 7. The highest BCUT2D eigenvalue weighted by atomic mass is 35.5. The molecule has 0 amide bonds. The maximum atomic E-state index is 15.1. The fourth-order valence-corrected chi connectivity index (χ4v) is 15.6. The van der Waals surface area contributed by atoms with Gasteiger partial charge in [0.25, 0.3) is 0 Å². The molecule has 16 aromatic rings. The first kappa shape index (κ1) is 111. The lowest BCUT2D eigenvalue weighted by Crippen LogP contribution is -2.24. The molecule has 0 bridgehead atoms. The summed E-state index contributed by atoms with van der Waals surface area (Å²) in [4.78, 5) is 121. The van der Waals surface area contributed by atoms with E-state index in [2.05, 4.69) is 45.9 Å². The summed E-state index contributed by atoms with van der Waals surface area (Å²) in [6.45, 7) is 9.84. The Morgan fingerprint density at radius 2 is 0.696 bits per heavy atom. The summed E-state index contributed by atoms with van der Waals surface area (Å²) in [6.07, 6.45) is 4.83. The second-order valence-electron chi connectivity index (χ2n) is 32.9. The summed E-state index contributed by atoms with van der Waals surface area (Å²) < 4.78 is 172. The van der Waals surface area contributed by atoms with Crippen molar-refractivity contribution < 1.29 is 111 Å². The monoisotopic (exact) mass is 2050 g/mol. The zero-order valence-corrected chi connectivity index (χ0v) is 80.6. The maximum absolute atomic E-state index is 15.1. The van der Waals surface area contributed by atoms with Crippen LogP contribution in [-0.2, 0) is 54.7 Å². The van der Waals surface area contributed by atoms with Crippen molar-refractivity contribution in [3.8, 4) is 44.5 Å². The molecule has 3 aromatic heterocycles. The molecule has 34 heteroatoms. The van der Waals surface area contributed by atoms with Crippen LogP contribution in [0.3, 0.4) is 0 Å². The van der Waals surface area contributed by atoms with Crippen LogP contribution in [0.15, 0.2) is 324 Å². The average Bonchev–Trinajstić information content (AvgIpc) is 1.06. The third-order valence-electron chi connectivity index (χ3n) is 23.1. The van der Waals surface area contributed by atoms with E-state index in [0.29, 0.717) is 62.0 Å². The summed E-state index contributed by atoms with van der Waals surface area (Å²) in [5.74, 6) is -20.4. The van der Waals surface area contributed by atoms with Gasteiger partial charge in [-0.25, -0.2) is 67.5 Å². The highest BCUT2D eigenvalue weighted by Gasteiger charge is 2.30. The van der Waals surface area contributed by atoms with Crippen LogP contribution in [0, 0.1) is 69.9 Å². The molecule has 762 valence electrons. The van der Waals surface area contributed by atoms with Crippen LogP contribution >= 0.6 is 12.4 Å². The molecule has 6 N–H and O–H groups in total. The number of carboxylic acid groups (broad SMARTS) is 2. The minimum atomic E-state index is -1.43. The van der Waals surface area contributed by atoms with Crippen LogP contribution in [-0.4, -0.2) is 111 Å². The Hall–Kier alpha value is -17.0. The Kier molecular flexibility index (Phi) is 39.5. The number of rotatable bonds is 27. The number of ether oxygens (including phenoxy) is 4. The normalized spacial score (nSPS) is 11.8. The smallest absolute Gasteiger partial charge is 0.345 e. The molecular weight excluding hydrogens is 1950 g/mol. The zero-order valence-electron chi connectivity index (χ0n) is 79.8. The SMILES string of the molecule is CCOC(=O)CC(=O)c1cc(F)c(F)cc1F.CCOC(=O)c1cn(Cc2ccc(-c3ccccc3)cc2)c2cc(F)c(F)cc2c1=O.CCOC=C(C(=O)OCC)C(=O)c1cc(F)c(F)cc1F.Cl.NC[C@@H]1CCN(c2cc3c(cc2F)c(=O)c(C(=O)O)cn3Cc2ccc(-c3ccccc3)cc2)C1.NCc1ccc(-c2ccccc2)cc1.O=C(O)c1cn(Cc2ccc(-c3ccccc3)cc2)c2cc(F)c(F)cc2c1=O. The predicted octanol–water partition coefficient (Wildman–Crippen LogP) is 22.4. The number of anilines is 1. The standard InChI is InChI=1S/C28H26FN3O3.C25H19F2NO3.C23H15F2NO3.C14H13F3O4.C13H13N.C11H9F3O3.ClH/c29-24-12-22-25(13-26(24)31-11-10-19(14-30)16-31)32(17-23(27(22)33)28(34)35)15-18-6-8-21(9-7-18)20-4-2-1-3-5-20;1-2-31-25(30)20-15-28(23-13-22(27)21(26)12-19(23)24(20)29)14-16-8-10-18(11-9-16)17-6-4-3-5-7-17;24-19-10-17-21(11-20(19)25)26(13-18(22(17)27)23(28)29)12-14-6-8-16(9-7-14)15-4-2-1-3-5-15;1-3-20-7-9(14(19)21-4-2)13(18)8-5-11(16)12(17)6-10(8)15;14-10-11-6-8-13(9-7-11)12-4-2-1-3-5-12;1-2-17-11(16)5-10(15)6-3-8(13)9(14)4-7(6)12;/h1-9,12-13,17,19H,10-11,14-16,30H2,(H,34,35);3-13,15H,2,14H2,1H3;1-11,13H,12H2,(H,28,29);5-7H,3-4H2,1-2H3;1-9H,10,14H2;3-4H,2,5H2,1H3;1H/t19-;;;;;;/m0....../s1. The summed E-state index contributed by atoms with van der Waals surface area (Å²) >= 11 is 0. The van der Waals surface area contributed by atoms with Gasteiger partial charge in [-0.1, -0.05) is 218 Å². The third kappa shape index (κ3) is 28.3. The van der Waals surface area contributed by atoms with Gasteiger partial charge in [-0.05, 0) is 150 Å². The Morgan fingerprint density at radius 3 is 1.06 bits per heavy atom. The molecule has 1 aliphatic heterocycles. The number of fused-ring (bicyclic) bond motifs is 3. The fourth-order valence-electron chi connectivity index (χ4n) is 15.6. The van der Waals surface area contributed by atoms with Crippen LogP contribution in [0.5, 0.6) is 0 Å². The number of halogens is 12. The molecule has 22 nitrogen and oxygen atoms in total. The van der Waals surface area contributed by atoms with Gasteiger partial charge in [0.15, 0.2) is 52.3 Å². The van der Waals surface area contributed by atoms with Crippen molar-refractivity contribution in [3.05, 3.63) is 454 Å². The van der Waals surface area contributed by atoms with Gasteiger partial charge >= 0.3 is 29.8 Å². The van der Waals surface area contributed by atoms with Crippen molar-refractivity contribution in [1.29, 1.82) is 0 Å². The number of nitrogens with two attached hydrogens (primary N) is 2. The van der Waals surface area contributed by atoms with Crippen molar-refractivity contribution in [1.82, 2.24) is 13.7 Å². The molecule has 148 heavy (non-hydrogen) atoms. The summed E-state index contributed by atoms with van der Waals surface area (Å²) in [7, 11) is 0. The predicted molar refractivity (Wildman–Crippen MR) is 543 cm³/mol. The highest BCUT2D eigenvalue weighted by Crippen LogP contribution is 2.33. The average molecular weight is 2050 g/mol. The molecule has 0 spiro atoms. The molecule has 1 fully saturated rings. The number of nitrogens with zero attached hydrogens (tertiary/aromatic N) is 4. The minimum absolute atomic E-state index is 0. The van der Waals surface area contributed by atoms with Gasteiger partial charge in [-0.2, -0.15) is 0 Å². The van der Waals surface area contributed by atoms with E-state index < -0.39 is 150 Å². The van der Waals surface area contributed by atoms with E-state index in [1.807, 2.05) is 187 Å². The van der Waals surface area contributed by atoms with E-state index in [1.54, 1.807) is 36.0 Å². The van der Waals surface area contributed by atoms with Crippen LogP contribution in [0.1, 0.15) is 115 Å². The van der Waals surface area contributed by atoms with Crippen molar-refractivity contribution in [2.24, 2.45) is 17.4 Å². The Morgan fingerprint density at radius 1 is 0.365 bits per heavy atom. The molecule has 0 unspecified atom stereocenters. The van der Waals surface area contributed by atoms with E-state index in [0.717, 1.165) is 93.2 Å². The first-order valence-electron chi connectivity index (χ1n) is 45.9. The first-order chi connectivity index (χ1) is 70.6. The number of carbonyl (C=O) groups excluding carboxylic acids is 5.